The normalized spacial score (nSPS) is 33.3. The van der Waals surface area contributed by atoms with Gasteiger partial charge in [0, 0.05) is 31.2 Å². The molecule has 1 fully saturated rings. The Labute approximate surface area is 85.9 Å². The van der Waals surface area contributed by atoms with Crippen molar-refractivity contribution in [1.29, 1.82) is 0 Å². The second-order valence-electron chi connectivity index (χ2n) is 4.40. The van der Waals surface area contributed by atoms with E-state index in [9.17, 15) is 0 Å². The van der Waals surface area contributed by atoms with Crippen molar-refractivity contribution in [3.63, 3.8) is 0 Å². The van der Waals surface area contributed by atoms with Gasteiger partial charge in [0.15, 0.2) is 0 Å². The Morgan fingerprint density at radius 1 is 1.43 bits per heavy atom. The maximum atomic E-state index is 9.00. The van der Waals surface area contributed by atoms with Crippen molar-refractivity contribution >= 4 is 0 Å². The first kappa shape index (κ1) is 9.94. The topological polar surface area (TPSA) is 23.5 Å². The molecule has 78 valence electrons. The molecule has 1 aliphatic carbocycles. The number of likely N-dealkylation sites (tertiary alicyclic amines) is 1. The highest BCUT2D eigenvalue weighted by molar-refractivity contribution is 5.22. The third kappa shape index (κ3) is 1.53. The number of aliphatic hydroxyl groups excluding tert-OH is 1. The van der Waals surface area contributed by atoms with E-state index >= 15 is 0 Å². The quantitative estimate of drug-likeness (QED) is 0.735. The molecule has 1 saturated heterocycles. The van der Waals surface area contributed by atoms with Crippen molar-refractivity contribution in [2.75, 3.05) is 19.7 Å². The SMILES string of the molecule is CCC1(N2CC(CO)C2)C=CC=CC1. The Hall–Kier alpha value is -0.600. The van der Waals surface area contributed by atoms with Gasteiger partial charge >= 0.3 is 0 Å². The first-order valence-electron chi connectivity index (χ1n) is 5.51. The van der Waals surface area contributed by atoms with Crippen LogP contribution in [0, 0.1) is 5.92 Å². The molecule has 0 saturated carbocycles. The van der Waals surface area contributed by atoms with Crippen LogP contribution in [0.1, 0.15) is 19.8 Å². The number of aliphatic hydroxyl groups is 1. The van der Waals surface area contributed by atoms with Crippen molar-refractivity contribution in [3.8, 4) is 0 Å². The van der Waals surface area contributed by atoms with Gasteiger partial charge in [-0.1, -0.05) is 31.2 Å². The summed E-state index contributed by atoms with van der Waals surface area (Å²) in [5.74, 6) is 0.512. The molecule has 0 aromatic carbocycles. The lowest BCUT2D eigenvalue weighted by molar-refractivity contribution is -0.0146. The fraction of sp³-hybridized carbons (Fsp3) is 0.667. The molecule has 0 aromatic heterocycles. The second kappa shape index (κ2) is 3.87. The first-order chi connectivity index (χ1) is 6.80. The van der Waals surface area contributed by atoms with Crippen LogP contribution < -0.4 is 0 Å². The molecule has 0 amide bonds. The van der Waals surface area contributed by atoms with Gasteiger partial charge in [0.05, 0.1) is 0 Å². The molecule has 2 nitrogen and oxygen atoms in total. The fourth-order valence-corrected chi connectivity index (χ4v) is 2.42. The van der Waals surface area contributed by atoms with Crippen LogP contribution in [0.15, 0.2) is 24.3 Å². The largest absolute Gasteiger partial charge is 0.396 e. The van der Waals surface area contributed by atoms with E-state index in [1.807, 2.05) is 0 Å². The number of hydrogen-bond acceptors (Lipinski definition) is 2. The monoisotopic (exact) mass is 193 g/mol. The smallest absolute Gasteiger partial charge is 0.0483 e. The van der Waals surface area contributed by atoms with Gasteiger partial charge in [-0.2, -0.15) is 0 Å². The summed E-state index contributed by atoms with van der Waals surface area (Å²) in [7, 11) is 0. The summed E-state index contributed by atoms with van der Waals surface area (Å²) in [6.45, 7) is 4.71. The van der Waals surface area contributed by atoms with Crippen molar-refractivity contribution in [3.05, 3.63) is 24.3 Å². The molecule has 2 aliphatic rings. The van der Waals surface area contributed by atoms with E-state index in [1.54, 1.807) is 0 Å². The van der Waals surface area contributed by atoms with Crippen LogP contribution in [0.3, 0.4) is 0 Å². The molecule has 2 heteroatoms. The van der Waals surface area contributed by atoms with Gasteiger partial charge < -0.3 is 5.11 Å². The van der Waals surface area contributed by atoms with Crippen LogP contribution in [-0.4, -0.2) is 35.2 Å². The highest BCUT2D eigenvalue weighted by atomic mass is 16.3. The maximum Gasteiger partial charge on any atom is 0.0483 e. The lowest BCUT2D eigenvalue weighted by Crippen LogP contribution is -2.59. The van der Waals surface area contributed by atoms with Crippen LogP contribution in [0.25, 0.3) is 0 Å². The molecule has 14 heavy (non-hydrogen) atoms. The van der Waals surface area contributed by atoms with Gasteiger partial charge in [0.25, 0.3) is 0 Å². The molecule has 1 heterocycles. The number of allylic oxidation sites excluding steroid dienone is 2. The van der Waals surface area contributed by atoms with E-state index in [1.165, 1.54) is 0 Å². The zero-order chi connectivity index (χ0) is 10.0. The lowest BCUT2D eigenvalue weighted by Gasteiger charge is -2.51. The van der Waals surface area contributed by atoms with Gasteiger partial charge in [0.1, 0.15) is 0 Å². The Balaban J connectivity index is 2.00. The van der Waals surface area contributed by atoms with E-state index in [2.05, 4.69) is 36.1 Å². The minimum atomic E-state index is 0.250. The van der Waals surface area contributed by atoms with Crippen LogP contribution in [0.2, 0.25) is 0 Å². The maximum absolute atomic E-state index is 9.00. The molecule has 1 aliphatic heterocycles. The van der Waals surface area contributed by atoms with Crippen molar-refractivity contribution < 1.29 is 5.11 Å². The minimum Gasteiger partial charge on any atom is -0.396 e. The highest BCUT2D eigenvalue weighted by Gasteiger charge is 2.40. The summed E-state index contributed by atoms with van der Waals surface area (Å²) in [5, 5.41) is 9.00. The minimum absolute atomic E-state index is 0.250. The third-order valence-corrected chi connectivity index (χ3v) is 3.58. The van der Waals surface area contributed by atoms with E-state index < -0.39 is 0 Å². The van der Waals surface area contributed by atoms with Crippen molar-refractivity contribution in [2.45, 2.75) is 25.3 Å². The van der Waals surface area contributed by atoms with E-state index in [-0.39, 0.29) is 5.54 Å². The molecule has 1 N–H and O–H groups in total. The average molecular weight is 193 g/mol. The van der Waals surface area contributed by atoms with Crippen LogP contribution >= 0.6 is 0 Å². The van der Waals surface area contributed by atoms with E-state index in [0.717, 1.165) is 25.9 Å². The molecule has 2 rings (SSSR count). The van der Waals surface area contributed by atoms with Crippen LogP contribution in [-0.2, 0) is 0 Å². The summed E-state index contributed by atoms with van der Waals surface area (Å²) >= 11 is 0. The second-order valence-corrected chi connectivity index (χ2v) is 4.40. The van der Waals surface area contributed by atoms with Gasteiger partial charge in [-0.15, -0.1) is 0 Å². The van der Waals surface area contributed by atoms with Gasteiger partial charge in [-0.25, -0.2) is 0 Å². The lowest BCUT2D eigenvalue weighted by atomic mass is 9.82. The van der Waals surface area contributed by atoms with Crippen LogP contribution in [0.4, 0.5) is 0 Å². The number of nitrogens with zero attached hydrogens (tertiary/aromatic N) is 1. The Morgan fingerprint density at radius 2 is 2.21 bits per heavy atom. The predicted molar refractivity (Wildman–Crippen MR) is 58.1 cm³/mol. The molecular formula is C12H19NO. The zero-order valence-corrected chi connectivity index (χ0v) is 8.82. The van der Waals surface area contributed by atoms with E-state index in [4.69, 9.17) is 5.11 Å². The molecule has 0 radical (unpaired) electrons. The summed E-state index contributed by atoms with van der Waals surface area (Å²) < 4.78 is 0. The van der Waals surface area contributed by atoms with Gasteiger partial charge in [-0.3, -0.25) is 4.90 Å². The van der Waals surface area contributed by atoms with Crippen molar-refractivity contribution in [2.24, 2.45) is 5.92 Å². The standard InChI is InChI=1S/C12H19NO/c1-2-12(6-4-3-5-7-12)13-8-11(9-13)10-14/h3-6,11,14H,2,7-10H2,1H3. The number of hydrogen-bond donors (Lipinski definition) is 1. The van der Waals surface area contributed by atoms with Crippen molar-refractivity contribution in [1.82, 2.24) is 4.90 Å². The fourth-order valence-electron chi connectivity index (χ4n) is 2.42. The Kier molecular flexibility index (Phi) is 2.75. The number of rotatable bonds is 3. The molecular weight excluding hydrogens is 174 g/mol. The molecule has 1 unspecified atom stereocenters. The summed E-state index contributed by atoms with van der Waals surface area (Å²) in [5.41, 5.74) is 0.250. The molecule has 0 aromatic rings. The van der Waals surface area contributed by atoms with E-state index in [0.29, 0.717) is 12.5 Å². The average Bonchev–Trinajstić information content (AvgIpc) is 2.18. The third-order valence-electron chi connectivity index (χ3n) is 3.58. The highest BCUT2D eigenvalue weighted by Crippen LogP contribution is 2.34. The first-order valence-corrected chi connectivity index (χ1v) is 5.51. The summed E-state index contributed by atoms with van der Waals surface area (Å²) in [6.07, 6.45) is 11.1. The molecule has 1 atom stereocenters. The summed E-state index contributed by atoms with van der Waals surface area (Å²) in [6, 6.07) is 0. The Morgan fingerprint density at radius 3 is 2.71 bits per heavy atom. The molecule has 0 bridgehead atoms. The zero-order valence-electron chi connectivity index (χ0n) is 8.82. The van der Waals surface area contributed by atoms with Gasteiger partial charge in [0.2, 0.25) is 0 Å². The molecule has 0 spiro atoms. The van der Waals surface area contributed by atoms with Gasteiger partial charge in [-0.05, 0) is 12.8 Å². The Bertz CT molecular complexity index is 253. The predicted octanol–water partition coefficient (Wildman–Crippen LogP) is 1.58. The van der Waals surface area contributed by atoms with Crippen LogP contribution in [0.5, 0.6) is 0 Å². The summed E-state index contributed by atoms with van der Waals surface area (Å²) in [4.78, 5) is 2.49.